The van der Waals surface area contributed by atoms with E-state index in [0.717, 1.165) is 0 Å². The fraction of sp³-hybridized carbons (Fsp3) is 0.364. The van der Waals surface area contributed by atoms with Crippen LogP contribution in [0.1, 0.15) is 5.82 Å². The van der Waals surface area contributed by atoms with Crippen molar-refractivity contribution in [1.82, 2.24) is 9.97 Å². The SMILES string of the molecule is FC(F)(F)COCCc1nc2cc(Cl)c(Cl)cc2[nH]1. The fourth-order valence-electron chi connectivity index (χ4n) is 1.53. The Morgan fingerprint density at radius 1 is 1.21 bits per heavy atom. The molecular weight excluding hydrogens is 304 g/mol. The van der Waals surface area contributed by atoms with E-state index in [1.165, 1.54) is 0 Å². The molecule has 0 radical (unpaired) electrons. The molecule has 0 amide bonds. The summed E-state index contributed by atoms with van der Waals surface area (Å²) < 4.78 is 40.1. The van der Waals surface area contributed by atoms with E-state index in [2.05, 4.69) is 14.7 Å². The molecule has 0 aliphatic heterocycles. The van der Waals surface area contributed by atoms with E-state index in [9.17, 15) is 13.2 Å². The van der Waals surface area contributed by atoms with Crippen molar-refractivity contribution in [3.8, 4) is 0 Å². The Morgan fingerprint density at radius 3 is 2.58 bits per heavy atom. The largest absolute Gasteiger partial charge is 0.411 e. The highest BCUT2D eigenvalue weighted by molar-refractivity contribution is 6.42. The van der Waals surface area contributed by atoms with Crippen LogP contribution in [-0.4, -0.2) is 29.4 Å². The predicted molar refractivity (Wildman–Crippen MR) is 66.7 cm³/mol. The van der Waals surface area contributed by atoms with Gasteiger partial charge in [0.05, 0.1) is 27.7 Å². The minimum absolute atomic E-state index is 0.0687. The zero-order valence-corrected chi connectivity index (χ0v) is 11.0. The van der Waals surface area contributed by atoms with Gasteiger partial charge in [0.25, 0.3) is 0 Å². The summed E-state index contributed by atoms with van der Waals surface area (Å²) in [7, 11) is 0. The number of ether oxygens (including phenoxy) is 1. The van der Waals surface area contributed by atoms with Crippen molar-refractivity contribution in [1.29, 1.82) is 0 Å². The average molecular weight is 313 g/mol. The summed E-state index contributed by atoms with van der Waals surface area (Å²) >= 11 is 11.7. The van der Waals surface area contributed by atoms with Crippen LogP contribution in [0.3, 0.4) is 0 Å². The number of rotatable bonds is 4. The van der Waals surface area contributed by atoms with E-state index in [1.807, 2.05) is 0 Å². The van der Waals surface area contributed by atoms with Gasteiger partial charge in [0.2, 0.25) is 0 Å². The topological polar surface area (TPSA) is 37.9 Å². The Morgan fingerprint density at radius 2 is 1.89 bits per heavy atom. The van der Waals surface area contributed by atoms with Gasteiger partial charge in [0.1, 0.15) is 12.4 Å². The van der Waals surface area contributed by atoms with Gasteiger partial charge in [-0.15, -0.1) is 0 Å². The second-order valence-corrected chi connectivity index (χ2v) is 4.70. The number of hydrogen-bond donors (Lipinski definition) is 1. The summed E-state index contributed by atoms with van der Waals surface area (Å²) in [5.74, 6) is 0.524. The van der Waals surface area contributed by atoms with Gasteiger partial charge in [-0.25, -0.2) is 4.98 Å². The van der Waals surface area contributed by atoms with Crippen LogP contribution in [-0.2, 0) is 11.2 Å². The number of hydrogen-bond acceptors (Lipinski definition) is 2. The molecule has 1 aromatic carbocycles. The van der Waals surface area contributed by atoms with Crippen molar-refractivity contribution in [3.63, 3.8) is 0 Å². The quantitative estimate of drug-likeness (QED) is 0.867. The monoisotopic (exact) mass is 312 g/mol. The van der Waals surface area contributed by atoms with Gasteiger partial charge >= 0.3 is 6.18 Å². The van der Waals surface area contributed by atoms with Gasteiger partial charge < -0.3 is 9.72 Å². The van der Waals surface area contributed by atoms with Crippen LogP contribution < -0.4 is 0 Å². The predicted octanol–water partition coefficient (Wildman–Crippen LogP) is 3.99. The number of aromatic nitrogens is 2. The first-order valence-corrected chi connectivity index (χ1v) is 6.09. The number of nitrogens with one attached hydrogen (secondary N) is 1. The van der Waals surface area contributed by atoms with E-state index in [4.69, 9.17) is 23.2 Å². The molecule has 3 nitrogen and oxygen atoms in total. The van der Waals surface area contributed by atoms with E-state index < -0.39 is 12.8 Å². The summed E-state index contributed by atoms with van der Waals surface area (Å²) in [6.07, 6.45) is -4.06. The molecule has 2 rings (SSSR count). The van der Waals surface area contributed by atoms with E-state index in [1.54, 1.807) is 12.1 Å². The first-order valence-electron chi connectivity index (χ1n) is 5.33. The molecule has 1 aromatic heterocycles. The molecule has 0 saturated carbocycles. The van der Waals surface area contributed by atoms with Crippen molar-refractivity contribution in [2.75, 3.05) is 13.2 Å². The highest BCUT2D eigenvalue weighted by Gasteiger charge is 2.27. The molecule has 0 fully saturated rings. The molecule has 0 bridgehead atoms. The Labute approximate surface area is 116 Å². The Bertz CT molecular complexity index is 544. The number of aromatic amines is 1. The second kappa shape index (κ2) is 5.56. The zero-order chi connectivity index (χ0) is 14.0. The smallest absolute Gasteiger partial charge is 0.372 e. The Hall–Kier alpha value is -0.980. The third-order valence-electron chi connectivity index (χ3n) is 2.32. The van der Waals surface area contributed by atoms with E-state index in [-0.39, 0.29) is 13.0 Å². The van der Waals surface area contributed by atoms with Gasteiger partial charge in [0.15, 0.2) is 0 Å². The van der Waals surface area contributed by atoms with Gasteiger partial charge in [0, 0.05) is 6.42 Å². The number of H-pyrrole nitrogens is 1. The molecular formula is C11H9Cl2F3N2O. The number of imidazole rings is 1. The van der Waals surface area contributed by atoms with Crippen molar-refractivity contribution < 1.29 is 17.9 Å². The highest BCUT2D eigenvalue weighted by Crippen LogP contribution is 2.26. The van der Waals surface area contributed by atoms with Crippen LogP contribution in [0, 0.1) is 0 Å². The minimum Gasteiger partial charge on any atom is -0.372 e. The minimum atomic E-state index is -4.31. The molecule has 0 spiro atoms. The number of benzene rings is 1. The van der Waals surface area contributed by atoms with Crippen molar-refractivity contribution in [2.45, 2.75) is 12.6 Å². The zero-order valence-electron chi connectivity index (χ0n) is 9.52. The molecule has 0 unspecified atom stereocenters. The first-order chi connectivity index (χ1) is 8.85. The van der Waals surface area contributed by atoms with E-state index in [0.29, 0.717) is 26.9 Å². The number of fused-ring (bicyclic) bond motifs is 1. The van der Waals surface area contributed by atoms with Crippen molar-refractivity contribution in [2.24, 2.45) is 0 Å². The number of nitrogens with zero attached hydrogens (tertiary/aromatic N) is 1. The van der Waals surface area contributed by atoms with Gasteiger partial charge in [-0.2, -0.15) is 13.2 Å². The normalized spacial score (nSPS) is 12.3. The maximum Gasteiger partial charge on any atom is 0.411 e. The van der Waals surface area contributed by atoms with Gasteiger partial charge in [-0.05, 0) is 12.1 Å². The molecule has 0 saturated heterocycles. The lowest BCUT2D eigenvalue weighted by atomic mass is 10.3. The molecule has 2 aromatic rings. The van der Waals surface area contributed by atoms with Crippen LogP contribution in [0.5, 0.6) is 0 Å². The molecule has 19 heavy (non-hydrogen) atoms. The lowest BCUT2D eigenvalue weighted by molar-refractivity contribution is -0.173. The summed E-state index contributed by atoms with van der Waals surface area (Å²) in [5, 5.41) is 0.762. The molecule has 104 valence electrons. The average Bonchev–Trinajstić information content (AvgIpc) is 2.66. The maximum absolute atomic E-state index is 11.9. The highest BCUT2D eigenvalue weighted by atomic mass is 35.5. The van der Waals surface area contributed by atoms with E-state index >= 15 is 0 Å². The third kappa shape index (κ3) is 3.99. The Kier molecular flexibility index (Phi) is 4.23. The molecule has 1 heterocycles. The molecule has 0 atom stereocenters. The third-order valence-corrected chi connectivity index (χ3v) is 3.04. The first kappa shape index (κ1) is 14.4. The van der Waals surface area contributed by atoms with Crippen LogP contribution in [0.2, 0.25) is 10.0 Å². The van der Waals surface area contributed by atoms with Crippen LogP contribution in [0.4, 0.5) is 13.2 Å². The number of halogens is 5. The standard InChI is InChI=1S/C11H9Cl2F3N2O/c12-6-3-8-9(4-7(6)13)18-10(17-8)1-2-19-5-11(14,15)16/h3-4H,1-2,5H2,(H,17,18). The van der Waals surface area contributed by atoms with Gasteiger partial charge in [-0.1, -0.05) is 23.2 Å². The van der Waals surface area contributed by atoms with Crippen LogP contribution >= 0.6 is 23.2 Å². The Balaban J connectivity index is 1.98. The lowest BCUT2D eigenvalue weighted by Gasteiger charge is -2.06. The molecule has 1 N–H and O–H groups in total. The second-order valence-electron chi connectivity index (χ2n) is 3.88. The van der Waals surface area contributed by atoms with Crippen LogP contribution in [0.25, 0.3) is 11.0 Å². The van der Waals surface area contributed by atoms with Crippen LogP contribution in [0.15, 0.2) is 12.1 Å². The summed E-state index contributed by atoms with van der Waals surface area (Å²) in [6.45, 7) is -1.33. The summed E-state index contributed by atoms with van der Waals surface area (Å²) in [6, 6.07) is 3.21. The van der Waals surface area contributed by atoms with Gasteiger partial charge in [-0.3, -0.25) is 0 Å². The molecule has 0 aliphatic rings. The van der Waals surface area contributed by atoms with Crippen molar-refractivity contribution >= 4 is 34.2 Å². The summed E-state index contributed by atoms with van der Waals surface area (Å²) in [4.78, 5) is 7.13. The number of alkyl halides is 3. The molecule has 0 aliphatic carbocycles. The maximum atomic E-state index is 11.9. The lowest BCUT2D eigenvalue weighted by Crippen LogP contribution is -2.18. The summed E-state index contributed by atoms with van der Waals surface area (Å²) in [5.41, 5.74) is 1.29. The fourth-order valence-corrected chi connectivity index (χ4v) is 1.85. The van der Waals surface area contributed by atoms with Crippen molar-refractivity contribution in [3.05, 3.63) is 28.0 Å². The molecule has 8 heteroatoms.